The summed E-state index contributed by atoms with van der Waals surface area (Å²) in [7, 11) is 0. The van der Waals surface area contributed by atoms with Crippen molar-refractivity contribution >= 4 is 17.9 Å². The van der Waals surface area contributed by atoms with Crippen molar-refractivity contribution in [3.05, 3.63) is 97.2 Å². The largest absolute Gasteiger partial charge is 0.462 e. The van der Waals surface area contributed by atoms with E-state index in [9.17, 15) is 14.4 Å². The number of carbonyl (C=O) groups excluding carboxylic acids is 3. The Morgan fingerprint density at radius 3 is 1.19 bits per heavy atom. The molecule has 0 aromatic carbocycles. The minimum Gasteiger partial charge on any atom is -0.462 e. The van der Waals surface area contributed by atoms with Gasteiger partial charge >= 0.3 is 17.9 Å². The first-order valence-corrected chi connectivity index (χ1v) is 25.3. The molecular formula is C56H92O6. The highest BCUT2D eigenvalue weighted by atomic mass is 16.6. The smallest absolute Gasteiger partial charge is 0.306 e. The van der Waals surface area contributed by atoms with Gasteiger partial charge in [0.2, 0.25) is 0 Å². The predicted molar refractivity (Wildman–Crippen MR) is 265 cm³/mol. The van der Waals surface area contributed by atoms with E-state index in [4.69, 9.17) is 14.2 Å². The number of carbonyl (C=O) groups is 3. The monoisotopic (exact) mass is 861 g/mol. The maximum atomic E-state index is 12.8. The van der Waals surface area contributed by atoms with Gasteiger partial charge in [0.15, 0.2) is 6.10 Å². The summed E-state index contributed by atoms with van der Waals surface area (Å²) in [5.74, 6) is -0.949. The van der Waals surface area contributed by atoms with E-state index in [0.717, 1.165) is 83.5 Å². The van der Waals surface area contributed by atoms with Crippen LogP contribution < -0.4 is 0 Å². The summed E-state index contributed by atoms with van der Waals surface area (Å²) in [5, 5.41) is 0. The molecular weight excluding hydrogens is 769 g/mol. The Morgan fingerprint density at radius 1 is 0.355 bits per heavy atom. The molecule has 0 radical (unpaired) electrons. The van der Waals surface area contributed by atoms with Gasteiger partial charge in [-0.3, -0.25) is 14.4 Å². The van der Waals surface area contributed by atoms with Gasteiger partial charge in [-0.25, -0.2) is 0 Å². The number of hydrogen-bond donors (Lipinski definition) is 0. The Bertz CT molecular complexity index is 1260. The van der Waals surface area contributed by atoms with Crippen molar-refractivity contribution in [3.63, 3.8) is 0 Å². The number of allylic oxidation sites excluding steroid dienone is 16. The van der Waals surface area contributed by atoms with Crippen molar-refractivity contribution in [3.8, 4) is 0 Å². The standard InChI is InChI=1S/C56H92O6/c1-4-7-10-13-16-19-22-24-26-27-28-29-31-32-34-37-40-43-46-49-55(58)61-52-53(51-60-54(57)48-45-42-39-36-21-18-15-12-9-6-3)62-56(59)50-47-44-41-38-35-33-30-25-23-20-17-14-11-8-5-2/h7-8,10-11,14,16-17,19-20,23-26,30,33,35,53H,4-6,9,12-13,15,18,21-22,27-29,31-32,34,36-52H2,1-3H3/b10-7-,11-8-,17-14-,19-16-,23-20-,26-24-,30-25-,35-33-. The van der Waals surface area contributed by atoms with Crippen molar-refractivity contribution in [2.24, 2.45) is 0 Å². The van der Waals surface area contributed by atoms with Crippen LogP contribution in [0.2, 0.25) is 0 Å². The SMILES string of the molecule is CC\C=C/C=C\C=C/C=C\C=C/CCCCCC(=O)OC(COC(=O)CCCCCCCCCCCC)COC(=O)CCCCCCCCCCC/C=C\C/C=C\C/C=C\CC. The minimum atomic E-state index is -0.800. The highest BCUT2D eigenvalue weighted by Gasteiger charge is 2.19. The molecule has 0 saturated heterocycles. The number of hydrogen-bond acceptors (Lipinski definition) is 6. The highest BCUT2D eigenvalue weighted by Crippen LogP contribution is 2.14. The molecule has 0 rings (SSSR count). The summed E-state index contributed by atoms with van der Waals surface area (Å²) in [4.78, 5) is 37.9. The molecule has 0 fully saturated rings. The van der Waals surface area contributed by atoms with Crippen LogP contribution in [-0.2, 0) is 28.6 Å². The van der Waals surface area contributed by atoms with E-state index in [2.05, 4.69) is 69.4 Å². The van der Waals surface area contributed by atoms with E-state index in [1.54, 1.807) is 0 Å². The number of esters is 3. The predicted octanol–water partition coefficient (Wildman–Crippen LogP) is 16.6. The van der Waals surface area contributed by atoms with Crippen molar-refractivity contribution in [2.75, 3.05) is 13.2 Å². The molecule has 0 aliphatic carbocycles. The summed E-state index contributed by atoms with van der Waals surface area (Å²) in [6.07, 6.45) is 65.3. The molecule has 0 aromatic rings. The third kappa shape index (κ3) is 47.4. The van der Waals surface area contributed by atoms with Crippen LogP contribution in [0.4, 0.5) is 0 Å². The van der Waals surface area contributed by atoms with Gasteiger partial charge in [-0.15, -0.1) is 0 Å². The minimum absolute atomic E-state index is 0.0962. The molecule has 0 aliphatic rings. The maximum Gasteiger partial charge on any atom is 0.306 e. The molecule has 352 valence electrons. The summed E-state index contributed by atoms with van der Waals surface area (Å²) < 4.78 is 16.7. The topological polar surface area (TPSA) is 78.9 Å². The normalized spacial score (nSPS) is 12.9. The van der Waals surface area contributed by atoms with Crippen LogP contribution in [0.3, 0.4) is 0 Å². The first kappa shape index (κ1) is 58.3. The lowest BCUT2D eigenvalue weighted by Gasteiger charge is -2.18. The Kier molecular flexibility index (Phi) is 47.0. The van der Waals surface area contributed by atoms with E-state index in [1.807, 2.05) is 48.6 Å². The Hall–Kier alpha value is -3.67. The van der Waals surface area contributed by atoms with Crippen LogP contribution in [0.5, 0.6) is 0 Å². The maximum absolute atomic E-state index is 12.8. The number of unbranched alkanes of at least 4 members (excludes halogenated alkanes) is 21. The highest BCUT2D eigenvalue weighted by molar-refractivity contribution is 5.71. The second kappa shape index (κ2) is 50.0. The molecule has 1 atom stereocenters. The van der Waals surface area contributed by atoms with E-state index < -0.39 is 6.10 Å². The van der Waals surface area contributed by atoms with Crippen molar-refractivity contribution in [1.82, 2.24) is 0 Å². The lowest BCUT2D eigenvalue weighted by atomic mass is 10.1. The zero-order chi connectivity index (χ0) is 45.1. The molecule has 0 aliphatic heterocycles. The molecule has 6 nitrogen and oxygen atoms in total. The molecule has 0 heterocycles. The second-order valence-electron chi connectivity index (χ2n) is 16.4. The number of rotatable bonds is 44. The van der Waals surface area contributed by atoms with Crippen LogP contribution >= 0.6 is 0 Å². The van der Waals surface area contributed by atoms with Crippen molar-refractivity contribution in [1.29, 1.82) is 0 Å². The molecule has 62 heavy (non-hydrogen) atoms. The Morgan fingerprint density at radius 2 is 0.710 bits per heavy atom. The summed E-state index contributed by atoms with van der Waals surface area (Å²) in [6, 6.07) is 0. The molecule has 0 bridgehead atoms. The van der Waals surface area contributed by atoms with Crippen LogP contribution in [0, 0.1) is 0 Å². The van der Waals surface area contributed by atoms with Gasteiger partial charge in [0, 0.05) is 19.3 Å². The molecule has 0 spiro atoms. The van der Waals surface area contributed by atoms with Crippen LogP contribution in [0.15, 0.2) is 97.2 Å². The fraction of sp³-hybridized carbons (Fsp3) is 0.661. The lowest BCUT2D eigenvalue weighted by Crippen LogP contribution is -2.30. The van der Waals surface area contributed by atoms with E-state index in [1.165, 1.54) is 89.9 Å². The Labute approximate surface area is 381 Å². The van der Waals surface area contributed by atoms with E-state index in [0.29, 0.717) is 19.3 Å². The third-order valence-corrected chi connectivity index (χ3v) is 10.5. The summed E-state index contributed by atoms with van der Waals surface area (Å²) in [5.41, 5.74) is 0. The van der Waals surface area contributed by atoms with Gasteiger partial charge in [-0.05, 0) is 70.6 Å². The average molecular weight is 861 g/mol. The van der Waals surface area contributed by atoms with Gasteiger partial charge < -0.3 is 14.2 Å². The third-order valence-electron chi connectivity index (χ3n) is 10.5. The molecule has 0 N–H and O–H groups in total. The van der Waals surface area contributed by atoms with Gasteiger partial charge in [0.1, 0.15) is 13.2 Å². The van der Waals surface area contributed by atoms with Crippen molar-refractivity contribution in [2.45, 2.75) is 226 Å². The van der Waals surface area contributed by atoms with Gasteiger partial charge in [-0.1, -0.05) is 227 Å². The van der Waals surface area contributed by atoms with Crippen LogP contribution in [0.25, 0.3) is 0 Å². The summed E-state index contributed by atoms with van der Waals surface area (Å²) >= 11 is 0. The van der Waals surface area contributed by atoms with Crippen molar-refractivity contribution < 1.29 is 28.6 Å². The molecule has 6 heteroatoms. The van der Waals surface area contributed by atoms with Crippen LogP contribution in [-0.4, -0.2) is 37.2 Å². The first-order chi connectivity index (χ1) is 30.5. The van der Waals surface area contributed by atoms with Gasteiger partial charge in [-0.2, -0.15) is 0 Å². The summed E-state index contributed by atoms with van der Waals surface area (Å²) in [6.45, 7) is 6.32. The lowest BCUT2D eigenvalue weighted by molar-refractivity contribution is -0.167. The van der Waals surface area contributed by atoms with E-state index >= 15 is 0 Å². The van der Waals surface area contributed by atoms with Crippen LogP contribution in [0.1, 0.15) is 220 Å². The molecule has 1 unspecified atom stereocenters. The first-order valence-electron chi connectivity index (χ1n) is 25.3. The molecule has 0 amide bonds. The fourth-order valence-corrected chi connectivity index (χ4v) is 6.71. The zero-order valence-electron chi connectivity index (χ0n) is 40.1. The van der Waals surface area contributed by atoms with Gasteiger partial charge in [0.05, 0.1) is 0 Å². The molecule has 0 aromatic heterocycles. The molecule has 0 saturated carbocycles. The zero-order valence-corrected chi connectivity index (χ0v) is 40.1. The van der Waals surface area contributed by atoms with E-state index in [-0.39, 0.29) is 37.5 Å². The Balaban J connectivity index is 4.42. The fourth-order valence-electron chi connectivity index (χ4n) is 6.71. The quantitative estimate of drug-likeness (QED) is 0.0200. The number of ether oxygens (including phenoxy) is 3. The second-order valence-corrected chi connectivity index (χ2v) is 16.4. The average Bonchev–Trinajstić information content (AvgIpc) is 3.27. The van der Waals surface area contributed by atoms with Gasteiger partial charge in [0.25, 0.3) is 0 Å².